The Morgan fingerprint density at radius 3 is 2.41 bits per heavy atom. The Bertz CT molecular complexity index is 560. The van der Waals surface area contributed by atoms with Gasteiger partial charge >= 0.3 is 6.18 Å². The summed E-state index contributed by atoms with van der Waals surface area (Å²) in [6, 6.07) is 3.01. The summed E-state index contributed by atoms with van der Waals surface area (Å²) in [6.45, 7) is 4.21. The Balaban J connectivity index is 2.67. The normalized spacial score (nSPS) is 11.4. The largest absolute Gasteiger partial charge is 0.417 e. The zero-order valence-electron chi connectivity index (χ0n) is 12.1. The molecule has 0 heterocycles. The highest BCUT2D eigenvalue weighted by Crippen LogP contribution is 2.36. The van der Waals surface area contributed by atoms with Crippen LogP contribution in [-0.2, 0) is 15.8 Å². The highest BCUT2D eigenvalue weighted by Gasteiger charge is 2.33. The van der Waals surface area contributed by atoms with Gasteiger partial charge in [0.05, 0.1) is 10.6 Å². The average Bonchev–Trinajstić information content (AvgIpc) is 2.37. The highest BCUT2D eigenvalue weighted by molar-refractivity contribution is 6.31. The third-order valence-electron chi connectivity index (χ3n) is 2.58. The van der Waals surface area contributed by atoms with Crippen molar-refractivity contribution >= 4 is 29.1 Å². The van der Waals surface area contributed by atoms with E-state index in [1.807, 2.05) is 13.8 Å². The molecule has 1 rings (SSSR count). The molecule has 8 heteroatoms. The Kier molecular flexibility index (Phi) is 6.22. The van der Waals surface area contributed by atoms with Crippen LogP contribution in [0.5, 0.6) is 0 Å². The minimum absolute atomic E-state index is 0.0709. The summed E-state index contributed by atoms with van der Waals surface area (Å²) >= 11 is 5.48. The molecule has 4 nitrogen and oxygen atoms in total. The van der Waals surface area contributed by atoms with Crippen molar-refractivity contribution in [2.75, 3.05) is 11.9 Å². The van der Waals surface area contributed by atoms with Gasteiger partial charge in [-0.25, -0.2) is 0 Å². The smallest absolute Gasteiger partial charge is 0.355 e. The zero-order chi connectivity index (χ0) is 16.9. The fraction of sp³-hybridized carbons (Fsp3) is 0.429. The first-order valence-electron chi connectivity index (χ1n) is 6.53. The van der Waals surface area contributed by atoms with Crippen molar-refractivity contribution in [3.63, 3.8) is 0 Å². The number of anilines is 1. The first kappa shape index (κ1) is 18.3. The number of hydrogen-bond donors (Lipinski definition) is 2. The summed E-state index contributed by atoms with van der Waals surface area (Å²) in [7, 11) is 0. The lowest BCUT2D eigenvalue weighted by Gasteiger charge is -2.12. The van der Waals surface area contributed by atoms with Gasteiger partial charge in [-0.15, -0.1) is 0 Å². The molecule has 22 heavy (non-hydrogen) atoms. The SMILES string of the molecule is CC(C)CNC(=O)CC(=O)Nc1ccc(Cl)c(C(F)(F)F)c1. The molecule has 1 aromatic carbocycles. The second-order valence-electron chi connectivity index (χ2n) is 5.12. The molecular formula is C14H16ClF3N2O2. The Morgan fingerprint density at radius 1 is 1.23 bits per heavy atom. The standard InChI is InChI=1S/C14H16ClF3N2O2/c1-8(2)7-19-12(21)6-13(22)20-9-3-4-11(15)10(5-9)14(16,17)18/h3-5,8H,6-7H2,1-2H3,(H,19,21)(H,20,22). The van der Waals surface area contributed by atoms with Crippen LogP contribution in [0.25, 0.3) is 0 Å². The van der Waals surface area contributed by atoms with Gasteiger partial charge in [-0.05, 0) is 24.1 Å². The minimum Gasteiger partial charge on any atom is -0.355 e. The van der Waals surface area contributed by atoms with Crippen molar-refractivity contribution in [1.82, 2.24) is 5.32 Å². The van der Waals surface area contributed by atoms with Crippen LogP contribution in [0.2, 0.25) is 5.02 Å². The van der Waals surface area contributed by atoms with E-state index in [1.54, 1.807) is 0 Å². The third-order valence-corrected chi connectivity index (χ3v) is 2.91. The van der Waals surface area contributed by atoms with E-state index in [0.29, 0.717) is 6.54 Å². The second kappa shape index (κ2) is 7.49. The first-order chi connectivity index (χ1) is 10.1. The molecule has 0 saturated heterocycles. The molecule has 0 aliphatic carbocycles. The number of rotatable bonds is 5. The molecule has 122 valence electrons. The fourth-order valence-corrected chi connectivity index (χ4v) is 1.78. The molecule has 0 atom stereocenters. The summed E-state index contributed by atoms with van der Waals surface area (Å²) in [6.07, 6.45) is -5.08. The first-order valence-corrected chi connectivity index (χ1v) is 6.90. The van der Waals surface area contributed by atoms with E-state index < -0.39 is 35.0 Å². The maximum atomic E-state index is 12.7. The predicted molar refractivity (Wildman–Crippen MR) is 77.5 cm³/mol. The number of carbonyl (C=O) groups excluding carboxylic acids is 2. The Morgan fingerprint density at radius 2 is 1.86 bits per heavy atom. The summed E-state index contributed by atoms with van der Waals surface area (Å²) in [4.78, 5) is 23.1. The molecule has 0 radical (unpaired) electrons. The van der Waals surface area contributed by atoms with Crippen LogP contribution in [0, 0.1) is 5.92 Å². The van der Waals surface area contributed by atoms with E-state index in [9.17, 15) is 22.8 Å². The van der Waals surface area contributed by atoms with Gasteiger partial charge in [0.2, 0.25) is 11.8 Å². The average molecular weight is 337 g/mol. The van der Waals surface area contributed by atoms with E-state index in [0.717, 1.165) is 12.1 Å². The van der Waals surface area contributed by atoms with Crippen LogP contribution in [0.1, 0.15) is 25.8 Å². The number of amides is 2. The number of halogens is 4. The molecule has 0 unspecified atom stereocenters. The molecule has 0 fully saturated rings. The van der Waals surface area contributed by atoms with Gasteiger partial charge in [-0.2, -0.15) is 13.2 Å². The van der Waals surface area contributed by atoms with Crippen molar-refractivity contribution in [2.24, 2.45) is 5.92 Å². The topological polar surface area (TPSA) is 58.2 Å². The van der Waals surface area contributed by atoms with Crippen LogP contribution in [0.4, 0.5) is 18.9 Å². The van der Waals surface area contributed by atoms with E-state index in [1.165, 1.54) is 6.07 Å². The van der Waals surface area contributed by atoms with E-state index in [4.69, 9.17) is 11.6 Å². The van der Waals surface area contributed by atoms with Gasteiger partial charge in [0.1, 0.15) is 6.42 Å². The lowest BCUT2D eigenvalue weighted by atomic mass is 10.2. The molecule has 2 N–H and O–H groups in total. The highest BCUT2D eigenvalue weighted by atomic mass is 35.5. The van der Waals surface area contributed by atoms with Crippen molar-refractivity contribution in [3.05, 3.63) is 28.8 Å². The van der Waals surface area contributed by atoms with Gasteiger partial charge in [0.15, 0.2) is 0 Å². The van der Waals surface area contributed by atoms with Crippen LogP contribution in [0.15, 0.2) is 18.2 Å². The minimum atomic E-state index is -4.62. The maximum absolute atomic E-state index is 12.7. The van der Waals surface area contributed by atoms with E-state index in [-0.39, 0.29) is 11.6 Å². The van der Waals surface area contributed by atoms with Crippen molar-refractivity contribution in [3.8, 4) is 0 Å². The number of nitrogens with one attached hydrogen (secondary N) is 2. The van der Waals surface area contributed by atoms with Gasteiger partial charge in [0.25, 0.3) is 0 Å². The number of hydrogen-bond acceptors (Lipinski definition) is 2. The quantitative estimate of drug-likeness (QED) is 0.809. The molecular weight excluding hydrogens is 321 g/mol. The Labute approximate surface area is 131 Å². The number of benzene rings is 1. The lowest BCUT2D eigenvalue weighted by molar-refractivity contribution is -0.137. The second-order valence-corrected chi connectivity index (χ2v) is 5.52. The number of carbonyl (C=O) groups is 2. The monoisotopic (exact) mass is 336 g/mol. The molecule has 0 saturated carbocycles. The van der Waals surface area contributed by atoms with E-state index in [2.05, 4.69) is 10.6 Å². The van der Waals surface area contributed by atoms with Crippen molar-refractivity contribution in [2.45, 2.75) is 26.4 Å². The number of alkyl halides is 3. The molecule has 0 aromatic heterocycles. The molecule has 0 aliphatic heterocycles. The zero-order valence-corrected chi connectivity index (χ0v) is 12.8. The lowest BCUT2D eigenvalue weighted by Crippen LogP contribution is -2.30. The maximum Gasteiger partial charge on any atom is 0.417 e. The van der Waals surface area contributed by atoms with Gasteiger partial charge < -0.3 is 10.6 Å². The fourth-order valence-electron chi connectivity index (χ4n) is 1.55. The van der Waals surface area contributed by atoms with Gasteiger partial charge in [0, 0.05) is 12.2 Å². The molecule has 0 spiro atoms. The van der Waals surface area contributed by atoms with Gasteiger partial charge in [-0.1, -0.05) is 25.4 Å². The summed E-state index contributed by atoms with van der Waals surface area (Å²) < 4.78 is 38.1. The summed E-state index contributed by atoms with van der Waals surface area (Å²) in [5.41, 5.74) is -1.12. The summed E-state index contributed by atoms with van der Waals surface area (Å²) in [5.74, 6) is -0.953. The predicted octanol–water partition coefficient (Wildman–Crippen LogP) is 3.46. The summed E-state index contributed by atoms with van der Waals surface area (Å²) in [5, 5.41) is 4.33. The van der Waals surface area contributed by atoms with E-state index >= 15 is 0 Å². The third kappa shape index (κ3) is 5.93. The molecule has 2 amide bonds. The van der Waals surface area contributed by atoms with Crippen LogP contribution < -0.4 is 10.6 Å². The van der Waals surface area contributed by atoms with Crippen LogP contribution in [0.3, 0.4) is 0 Å². The van der Waals surface area contributed by atoms with Crippen molar-refractivity contribution in [1.29, 1.82) is 0 Å². The molecule has 0 aliphatic rings. The van der Waals surface area contributed by atoms with Gasteiger partial charge in [-0.3, -0.25) is 9.59 Å². The molecule has 0 bridgehead atoms. The Hall–Kier alpha value is -1.76. The molecule has 1 aromatic rings. The van der Waals surface area contributed by atoms with Crippen molar-refractivity contribution < 1.29 is 22.8 Å². The van der Waals surface area contributed by atoms with Crippen LogP contribution in [-0.4, -0.2) is 18.4 Å². The van der Waals surface area contributed by atoms with Crippen LogP contribution >= 0.6 is 11.6 Å².